The van der Waals surface area contributed by atoms with Crippen LogP contribution in [0.1, 0.15) is 11.5 Å². The van der Waals surface area contributed by atoms with Gasteiger partial charge in [0.15, 0.2) is 0 Å². The van der Waals surface area contributed by atoms with E-state index in [-0.39, 0.29) is 6.61 Å². The molecule has 6 heteroatoms. The summed E-state index contributed by atoms with van der Waals surface area (Å²) in [6, 6.07) is 7.85. The van der Waals surface area contributed by atoms with Crippen LogP contribution < -0.4 is 0 Å². The largest absolute Gasteiger partial charge is 0.394 e. The first-order chi connectivity index (χ1) is 9.20. The molecule has 0 aliphatic rings. The van der Waals surface area contributed by atoms with Crippen LogP contribution in [0.2, 0.25) is 0 Å². The van der Waals surface area contributed by atoms with E-state index in [4.69, 9.17) is 9.63 Å². The molecule has 1 aromatic heterocycles. The van der Waals surface area contributed by atoms with Crippen LogP contribution >= 0.6 is 11.8 Å². The summed E-state index contributed by atoms with van der Waals surface area (Å²) >= 11 is 1.45. The molecular formula is C13H16N2O3S. The standard InChI is InChI=1S/C13H16N2O3S/c1-9-4-2-3-5-11(9)13-14-12(18-15-13)8-19-7-10(17)6-16/h2-5,10,16-17H,6-8H2,1H3. The second-order valence-electron chi connectivity index (χ2n) is 4.18. The Balaban J connectivity index is 1.98. The third kappa shape index (κ3) is 3.79. The molecule has 0 fully saturated rings. The molecule has 0 aliphatic heterocycles. The van der Waals surface area contributed by atoms with Crippen LogP contribution in [0.15, 0.2) is 28.8 Å². The molecule has 102 valence electrons. The molecule has 0 aliphatic carbocycles. The minimum Gasteiger partial charge on any atom is -0.394 e. The monoisotopic (exact) mass is 280 g/mol. The number of aliphatic hydroxyl groups excluding tert-OH is 2. The lowest BCUT2D eigenvalue weighted by molar-refractivity contribution is 0.113. The summed E-state index contributed by atoms with van der Waals surface area (Å²) in [6.07, 6.45) is -0.705. The molecule has 0 radical (unpaired) electrons. The van der Waals surface area contributed by atoms with Gasteiger partial charge in [-0.3, -0.25) is 0 Å². The summed E-state index contributed by atoms with van der Waals surface area (Å²) < 4.78 is 5.16. The highest BCUT2D eigenvalue weighted by atomic mass is 32.2. The predicted molar refractivity (Wildman–Crippen MR) is 73.7 cm³/mol. The molecule has 0 bridgehead atoms. The number of aliphatic hydroxyl groups is 2. The summed E-state index contributed by atoms with van der Waals surface area (Å²) in [5.41, 5.74) is 2.05. The first-order valence-electron chi connectivity index (χ1n) is 5.96. The molecule has 19 heavy (non-hydrogen) atoms. The van der Waals surface area contributed by atoms with Crippen LogP contribution in [0.25, 0.3) is 11.4 Å². The maximum absolute atomic E-state index is 9.22. The Morgan fingerprint density at radius 1 is 1.37 bits per heavy atom. The van der Waals surface area contributed by atoms with Crippen molar-refractivity contribution in [3.05, 3.63) is 35.7 Å². The van der Waals surface area contributed by atoms with Crippen LogP contribution in [0, 0.1) is 6.92 Å². The third-order valence-electron chi connectivity index (χ3n) is 2.60. The van der Waals surface area contributed by atoms with Crippen molar-refractivity contribution in [3.63, 3.8) is 0 Å². The van der Waals surface area contributed by atoms with Crippen LogP contribution in [0.3, 0.4) is 0 Å². The molecule has 2 N–H and O–H groups in total. The van der Waals surface area contributed by atoms with Gasteiger partial charge >= 0.3 is 0 Å². The number of benzene rings is 1. The maximum Gasteiger partial charge on any atom is 0.236 e. The number of rotatable bonds is 6. The molecule has 0 saturated heterocycles. The molecule has 2 rings (SSSR count). The molecule has 0 spiro atoms. The minimum atomic E-state index is -0.705. The van der Waals surface area contributed by atoms with E-state index in [0.717, 1.165) is 11.1 Å². The summed E-state index contributed by atoms with van der Waals surface area (Å²) in [5, 5.41) is 21.9. The van der Waals surface area contributed by atoms with Gasteiger partial charge in [0.25, 0.3) is 0 Å². The molecule has 2 aromatic rings. The second kappa shape index (κ2) is 6.70. The van der Waals surface area contributed by atoms with Crippen molar-refractivity contribution >= 4 is 11.8 Å². The van der Waals surface area contributed by atoms with Gasteiger partial charge in [-0.2, -0.15) is 4.98 Å². The fourth-order valence-electron chi connectivity index (χ4n) is 1.58. The smallest absolute Gasteiger partial charge is 0.236 e. The van der Waals surface area contributed by atoms with Crippen LogP contribution in [0.5, 0.6) is 0 Å². The van der Waals surface area contributed by atoms with E-state index in [1.165, 1.54) is 11.8 Å². The highest BCUT2D eigenvalue weighted by Gasteiger charge is 2.11. The minimum absolute atomic E-state index is 0.231. The van der Waals surface area contributed by atoms with Crippen molar-refractivity contribution in [2.75, 3.05) is 12.4 Å². The predicted octanol–water partition coefficient (Wildman–Crippen LogP) is 1.63. The van der Waals surface area contributed by atoms with Crippen LogP contribution in [-0.4, -0.2) is 38.8 Å². The Hall–Kier alpha value is -1.37. The molecule has 0 amide bonds. The van der Waals surface area contributed by atoms with Crippen molar-refractivity contribution in [2.45, 2.75) is 18.8 Å². The van der Waals surface area contributed by atoms with Gasteiger partial charge in [0, 0.05) is 11.3 Å². The van der Waals surface area contributed by atoms with E-state index in [1.807, 2.05) is 31.2 Å². The summed E-state index contributed by atoms with van der Waals surface area (Å²) in [6.45, 7) is 1.77. The van der Waals surface area contributed by atoms with Crippen molar-refractivity contribution in [1.29, 1.82) is 0 Å². The van der Waals surface area contributed by atoms with Gasteiger partial charge in [0.05, 0.1) is 18.5 Å². The number of thioether (sulfide) groups is 1. The fraction of sp³-hybridized carbons (Fsp3) is 0.385. The van der Waals surface area contributed by atoms with Crippen molar-refractivity contribution in [3.8, 4) is 11.4 Å². The van der Waals surface area contributed by atoms with Crippen molar-refractivity contribution < 1.29 is 14.7 Å². The number of nitrogens with zero attached hydrogens (tertiary/aromatic N) is 2. The highest BCUT2D eigenvalue weighted by molar-refractivity contribution is 7.98. The van der Waals surface area contributed by atoms with Crippen LogP contribution in [-0.2, 0) is 5.75 Å². The summed E-state index contributed by atoms with van der Waals surface area (Å²) in [4.78, 5) is 4.32. The Morgan fingerprint density at radius 2 is 2.16 bits per heavy atom. The zero-order valence-electron chi connectivity index (χ0n) is 10.6. The van der Waals surface area contributed by atoms with E-state index in [2.05, 4.69) is 10.1 Å². The van der Waals surface area contributed by atoms with E-state index in [0.29, 0.717) is 23.2 Å². The first kappa shape index (κ1) is 14.0. The number of hydrogen-bond donors (Lipinski definition) is 2. The van der Waals surface area contributed by atoms with Gasteiger partial charge in [-0.25, -0.2) is 0 Å². The zero-order valence-corrected chi connectivity index (χ0v) is 11.4. The maximum atomic E-state index is 9.22. The summed E-state index contributed by atoms with van der Waals surface area (Å²) in [7, 11) is 0. The van der Waals surface area contributed by atoms with E-state index in [1.54, 1.807) is 0 Å². The Labute approximate surface area is 115 Å². The SMILES string of the molecule is Cc1ccccc1-c1noc(CSCC(O)CO)n1. The lowest BCUT2D eigenvalue weighted by atomic mass is 10.1. The van der Waals surface area contributed by atoms with Crippen molar-refractivity contribution in [2.24, 2.45) is 0 Å². The third-order valence-corrected chi connectivity index (χ3v) is 3.67. The van der Waals surface area contributed by atoms with Gasteiger partial charge in [-0.1, -0.05) is 29.4 Å². The molecule has 1 heterocycles. The average Bonchev–Trinajstić information content (AvgIpc) is 2.87. The average molecular weight is 280 g/mol. The topological polar surface area (TPSA) is 79.4 Å². The van der Waals surface area contributed by atoms with E-state index >= 15 is 0 Å². The molecular weight excluding hydrogens is 264 g/mol. The quantitative estimate of drug-likeness (QED) is 0.837. The Bertz CT molecular complexity index is 530. The second-order valence-corrected chi connectivity index (χ2v) is 5.21. The highest BCUT2D eigenvalue weighted by Crippen LogP contribution is 2.21. The Kier molecular flexibility index (Phi) is 4.95. The molecule has 0 saturated carbocycles. The van der Waals surface area contributed by atoms with Gasteiger partial charge in [-0.05, 0) is 12.5 Å². The molecule has 1 unspecified atom stereocenters. The zero-order chi connectivity index (χ0) is 13.7. The van der Waals surface area contributed by atoms with E-state index < -0.39 is 6.10 Å². The van der Waals surface area contributed by atoms with Crippen molar-refractivity contribution in [1.82, 2.24) is 10.1 Å². The summed E-state index contributed by atoms with van der Waals surface area (Å²) in [5.74, 6) is 2.07. The molecule has 5 nitrogen and oxygen atoms in total. The Morgan fingerprint density at radius 3 is 2.89 bits per heavy atom. The fourth-order valence-corrected chi connectivity index (χ4v) is 2.37. The number of aromatic nitrogens is 2. The number of aryl methyl sites for hydroxylation is 1. The molecule has 1 aromatic carbocycles. The van der Waals surface area contributed by atoms with Gasteiger partial charge in [-0.15, -0.1) is 11.8 Å². The van der Waals surface area contributed by atoms with Gasteiger partial charge in [0.1, 0.15) is 0 Å². The number of hydrogen-bond acceptors (Lipinski definition) is 6. The van der Waals surface area contributed by atoms with E-state index in [9.17, 15) is 5.11 Å². The van der Waals surface area contributed by atoms with Crippen LogP contribution in [0.4, 0.5) is 0 Å². The lowest BCUT2D eigenvalue weighted by Gasteiger charge is -2.03. The first-order valence-corrected chi connectivity index (χ1v) is 7.11. The van der Waals surface area contributed by atoms with Gasteiger partial charge < -0.3 is 14.7 Å². The van der Waals surface area contributed by atoms with Gasteiger partial charge in [0.2, 0.25) is 11.7 Å². The molecule has 1 atom stereocenters. The lowest BCUT2D eigenvalue weighted by Crippen LogP contribution is -2.14. The normalized spacial score (nSPS) is 12.6.